The highest BCUT2D eigenvalue weighted by atomic mass is 31.2. The van der Waals surface area contributed by atoms with Crippen molar-refractivity contribution in [3.8, 4) is 23.0 Å². The molecule has 0 aliphatic heterocycles. The van der Waals surface area contributed by atoms with Crippen molar-refractivity contribution in [2.45, 2.75) is 26.2 Å². The van der Waals surface area contributed by atoms with Crippen molar-refractivity contribution < 1.29 is 23.5 Å². The van der Waals surface area contributed by atoms with Gasteiger partial charge in [-0.15, -0.1) is 0 Å². The second kappa shape index (κ2) is 10.1. The molecule has 0 saturated carbocycles. The topological polar surface area (TPSA) is 54.0 Å². The van der Waals surface area contributed by atoms with Crippen LogP contribution in [-0.4, -0.2) is 28.4 Å². The molecule has 170 valence electrons. The van der Waals surface area contributed by atoms with Crippen molar-refractivity contribution in [1.82, 2.24) is 0 Å². The highest BCUT2D eigenvalue weighted by Gasteiger charge is 2.32. The van der Waals surface area contributed by atoms with E-state index in [-0.39, 0.29) is 12.3 Å². The Labute approximate surface area is 190 Å². The molecule has 0 saturated heterocycles. The standard InChI is InChI=1S/C26H31O5P/c1-18-13-14-19(2)26(15-18)32(27,16-20-22(28-3)9-7-10-23(20)29-4)17-21-24(30-5)11-8-12-25(21)31-6/h7-15H,16-17H2,1-6H3. The predicted molar refractivity (Wildman–Crippen MR) is 130 cm³/mol. The molecule has 0 amide bonds. The second-order valence-electron chi connectivity index (χ2n) is 7.78. The lowest BCUT2D eigenvalue weighted by Crippen LogP contribution is -2.15. The number of ether oxygens (including phenoxy) is 4. The lowest BCUT2D eigenvalue weighted by atomic mass is 10.2. The fourth-order valence-corrected chi connectivity index (χ4v) is 7.32. The number of methoxy groups -OCH3 is 4. The maximum Gasteiger partial charge on any atom is 0.126 e. The molecule has 0 fully saturated rings. The van der Waals surface area contributed by atoms with E-state index in [1.165, 1.54) is 0 Å². The van der Waals surface area contributed by atoms with Gasteiger partial charge in [0.25, 0.3) is 0 Å². The fraction of sp³-hybridized carbons (Fsp3) is 0.308. The molecule has 32 heavy (non-hydrogen) atoms. The zero-order valence-electron chi connectivity index (χ0n) is 19.6. The Kier molecular flexibility index (Phi) is 7.52. The van der Waals surface area contributed by atoms with Crippen molar-refractivity contribution >= 4 is 12.4 Å². The highest BCUT2D eigenvalue weighted by Crippen LogP contribution is 2.56. The second-order valence-corrected chi connectivity index (χ2v) is 10.7. The van der Waals surface area contributed by atoms with Crippen LogP contribution in [0.1, 0.15) is 22.3 Å². The van der Waals surface area contributed by atoms with E-state index >= 15 is 0 Å². The fourth-order valence-electron chi connectivity index (χ4n) is 4.06. The summed E-state index contributed by atoms with van der Waals surface area (Å²) in [6, 6.07) is 17.3. The van der Waals surface area contributed by atoms with Gasteiger partial charge < -0.3 is 23.5 Å². The molecule has 0 unspecified atom stereocenters. The summed E-state index contributed by atoms with van der Waals surface area (Å²) >= 11 is 0. The third-order valence-corrected chi connectivity index (χ3v) is 8.70. The Hall–Kier alpha value is -2.91. The number of aryl methyl sites for hydroxylation is 2. The summed E-state index contributed by atoms with van der Waals surface area (Å²) in [6.07, 6.45) is 0.567. The molecule has 0 heterocycles. The Morgan fingerprint density at radius 2 is 1.06 bits per heavy atom. The van der Waals surface area contributed by atoms with E-state index in [1.807, 2.05) is 68.4 Å². The van der Waals surface area contributed by atoms with Crippen LogP contribution in [0.4, 0.5) is 0 Å². The van der Waals surface area contributed by atoms with Crippen LogP contribution >= 0.6 is 7.14 Å². The minimum atomic E-state index is -3.06. The zero-order chi connectivity index (χ0) is 23.3. The molecule has 6 heteroatoms. The van der Waals surface area contributed by atoms with Gasteiger partial charge in [-0.05, 0) is 49.7 Å². The van der Waals surface area contributed by atoms with Gasteiger partial charge in [-0.3, -0.25) is 0 Å². The Morgan fingerprint density at radius 3 is 1.44 bits per heavy atom. The van der Waals surface area contributed by atoms with Gasteiger partial charge in [0.15, 0.2) is 0 Å². The maximum atomic E-state index is 15.0. The average molecular weight is 455 g/mol. The molecule has 3 aromatic rings. The molecule has 0 aliphatic carbocycles. The van der Waals surface area contributed by atoms with Gasteiger partial charge in [-0.25, -0.2) is 0 Å². The SMILES string of the molecule is COc1cccc(OC)c1CP(=O)(Cc1c(OC)cccc1OC)c1cc(C)ccc1C. The van der Waals surface area contributed by atoms with E-state index in [0.29, 0.717) is 23.0 Å². The van der Waals surface area contributed by atoms with Crippen molar-refractivity contribution in [3.05, 3.63) is 76.9 Å². The summed E-state index contributed by atoms with van der Waals surface area (Å²) < 4.78 is 37.4. The van der Waals surface area contributed by atoms with Crippen molar-refractivity contribution in [3.63, 3.8) is 0 Å². The van der Waals surface area contributed by atoms with Gasteiger partial charge >= 0.3 is 0 Å². The summed E-state index contributed by atoms with van der Waals surface area (Å²) in [7, 11) is 3.40. The minimum absolute atomic E-state index is 0.283. The first-order valence-electron chi connectivity index (χ1n) is 10.4. The average Bonchev–Trinajstić information content (AvgIpc) is 2.80. The van der Waals surface area contributed by atoms with Crippen LogP contribution < -0.4 is 24.3 Å². The first kappa shape index (κ1) is 23.7. The molecule has 3 rings (SSSR count). The van der Waals surface area contributed by atoms with Crippen LogP contribution in [0.25, 0.3) is 0 Å². The molecular formula is C26H31O5P. The third kappa shape index (κ3) is 4.78. The van der Waals surface area contributed by atoms with E-state index < -0.39 is 7.14 Å². The quantitative estimate of drug-likeness (QED) is 0.387. The van der Waals surface area contributed by atoms with Crippen molar-refractivity contribution in [1.29, 1.82) is 0 Å². The normalized spacial score (nSPS) is 11.2. The summed E-state index contributed by atoms with van der Waals surface area (Å²) in [5.74, 6) is 2.62. The first-order valence-corrected chi connectivity index (χ1v) is 12.5. The van der Waals surface area contributed by atoms with Crippen LogP contribution in [0, 0.1) is 13.8 Å². The monoisotopic (exact) mass is 454 g/mol. The number of benzene rings is 3. The van der Waals surface area contributed by atoms with Gasteiger partial charge in [0.05, 0.1) is 28.4 Å². The van der Waals surface area contributed by atoms with Gasteiger partial charge in [0.2, 0.25) is 0 Å². The van der Waals surface area contributed by atoms with Crippen LogP contribution in [0.2, 0.25) is 0 Å². The smallest absolute Gasteiger partial charge is 0.126 e. The molecule has 0 bridgehead atoms. The summed E-state index contributed by atoms with van der Waals surface area (Å²) in [6.45, 7) is 4.01. The molecular weight excluding hydrogens is 423 g/mol. The lowest BCUT2D eigenvalue weighted by molar-refractivity contribution is 0.386. The van der Waals surface area contributed by atoms with Crippen LogP contribution in [0.3, 0.4) is 0 Å². The van der Waals surface area contributed by atoms with E-state index in [9.17, 15) is 4.57 Å². The van der Waals surface area contributed by atoms with Gasteiger partial charge in [0, 0.05) is 28.8 Å². The van der Waals surface area contributed by atoms with E-state index in [1.54, 1.807) is 28.4 Å². The van der Waals surface area contributed by atoms with Crippen molar-refractivity contribution in [2.75, 3.05) is 28.4 Å². The first-order chi connectivity index (χ1) is 15.4. The number of rotatable bonds is 9. The molecule has 5 nitrogen and oxygen atoms in total. The summed E-state index contributed by atoms with van der Waals surface area (Å²) in [5.41, 5.74) is 3.62. The van der Waals surface area contributed by atoms with E-state index in [2.05, 4.69) is 0 Å². The van der Waals surface area contributed by atoms with Crippen LogP contribution in [0.5, 0.6) is 23.0 Å². The largest absolute Gasteiger partial charge is 0.496 e. The number of hydrogen-bond acceptors (Lipinski definition) is 5. The zero-order valence-corrected chi connectivity index (χ0v) is 20.5. The van der Waals surface area contributed by atoms with E-state index in [4.69, 9.17) is 18.9 Å². The van der Waals surface area contributed by atoms with Gasteiger partial charge in [-0.2, -0.15) is 0 Å². The minimum Gasteiger partial charge on any atom is -0.496 e. The predicted octanol–water partition coefficient (Wildman–Crippen LogP) is 5.73. The van der Waals surface area contributed by atoms with E-state index in [0.717, 1.165) is 27.6 Å². The highest BCUT2D eigenvalue weighted by molar-refractivity contribution is 7.70. The van der Waals surface area contributed by atoms with Gasteiger partial charge in [0.1, 0.15) is 30.1 Å². The molecule has 0 aliphatic rings. The molecule has 0 radical (unpaired) electrons. The van der Waals surface area contributed by atoms with Gasteiger partial charge in [-0.1, -0.05) is 29.8 Å². The maximum absolute atomic E-state index is 15.0. The van der Waals surface area contributed by atoms with Crippen LogP contribution in [-0.2, 0) is 16.9 Å². The Balaban J connectivity index is 2.24. The summed E-state index contributed by atoms with van der Waals surface area (Å²) in [5, 5.41) is 0.846. The summed E-state index contributed by atoms with van der Waals surface area (Å²) in [4.78, 5) is 0. The molecule has 0 N–H and O–H groups in total. The lowest BCUT2D eigenvalue weighted by Gasteiger charge is -2.25. The Bertz CT molecular complexity index is 1030. The molecule has 0 atom stereocenters. The van der Waals surface area contributed by atoms with Crippen LogP contribution in [0.15, 0.2) is 54.6 Å². The number of hydrogen-bond donors (Lipinski definition) is 0. The Morgan fingerprint density at radius 1 is 0.656 bits per heavy atom. The molecule has 3 aromatic carbocycles. The third-order valence-electron chi connectivity index (χ3n) is 5.69. The van der Waals surface area contributed by atoms with Crippen molar-refractivity contribution in [2.24, 2.45) is 0 Å². The molecule has 0 aromatic heterocycles. The molecule has 0 spiro atoms.